The van der Waals surface area contributed by atoms with Gasteiger partial charge in [0.05, 0.1) is 0 Å². The van der Waals surface area contributed by atoms with Crippen LogP contribution >= 0.6 is 25.5 Å². The standard InChI is InChI=1S/C26H22Br2Te/c1-19-13-15-23(17-25(19)21-9-5-3-6-10-21)29(27,28)24-16-14-20(2)26(18-24)22-11-7-4-8-12-22/h3-18H,1-2H3. The summed E-state index contributed by atoms with van der Waals surface area (Å²) in [6, 6.07) is 35.0. The Kier molecular flexibility index (Phi) is 6.32. The van der Waals surface area contributed by atoms with Gasteiger partial charge in [0.15, 0.2) is 0 Å². The molecule has 0 unspecified atom stereocenters. The topological polar surface area (TPSA) is 0 Å². The Balaban J connectivity index is 1.80. The van der Waals surface area contributed by atoms with Crippen molar-refractivity contribution in [3.8, 4) is 22.3 Å². The zero-order valence-electron chi connectivity index (χ0n) is 16.4. The first-order valence-electron chi connectivity index (χ1n) is 9.51. The fourth-order valence-electron chi connectivity index (χ4n) is 3.51. The number of halogens is 2. The maximum atomic E-state index is 4.17. The van der Waals surface area contributed by atoms with Crippen molar-refractivity contribution in [2.45, 2.75) is 13.8 Å². The van der Waals surface area contributed by atoms with Gasteiger partial charge in [-0.2, -0.15) is 0 Å². The summed E-state index contributed by atoms with van der Waals surface area (Å²) >= 11 is 5.49. The average Bonchev–Trinajstić information content (AvgIpc) is 2.75. The van der Waals surface area contributed by atoms with E-state index in [1.807, 2.05) is 0 Å². The van der Waals surface area contributed by atoms with Gasteiger partial charge in [0.1, 0.15) is 0 Å². The van der Waals surface area contributed by atoms with Crippen molar-refractivity contribution < 1.29 is 0 Å². The number of hydrogen-bond acceptors (Lipinski definition) is 0. The van der Waals surface area contributed by atoms with Crippen LogP contribution in [0.25, 0.3) is 22.3 Å². The number of aryl methyl sites for hydroxylation is 2. The molecule has 3 heteroatoms. The molecular weight excluding hydrogens is 600 g/mol. The van der Waals surface area contributed by atoms with Crippen LogP contribution in [0.1, 0.15) is 11.1 Å². The molecule has 0 bridgehead atoms. The van der Waals surface area contributed by atoms with E-state index < -0.39 is 13.8 Å². The average molecular weight is 622 g/mol. The summed E-state index contributed by atoms with van der Waals surface area (Å²) < 4.78 is 2.72. The molecule has 0 aliphatic carbocycles. The third kappa shape index (κ3) is 4.39. The van der Waals surface area contributed by atoms with Crippen LogP contribution in [0.3, 0.4) is 0 Å². The van der Waals surface area contributed by atoms with Gasteiger partial charge in [-0.05, 0) is 0 Å². The zero-order valence-corrected chi connectivity index (χ0v) is 21.9. The Morgan fingerprint density at radius 1 is 0.517 bits per heavy atom. The van der Waals surface area contributed by atoms with Crippen molar-refractivity contribution in [3.63, 3.8) is 0 Å². The van der Waals surface area contributed by atoms with Crippen molar-refractivity contribution in [1.29, 1.82) is 0 Å². The van der Waals surface area contributed by atoms with Crippen LogP contribution in [0.4, 0.5) is 0 Å². The predicted octanol–water partition coefficient (Wildman–Crippen LogP) is 6.98. The fourth-order valence-corrected chi connectivity index (χ4v) is 12.6. The van der Waals surface area contributed by atoms with Gasteiger partial charge in [0.25, 0.3) is 0 Å². The van der Waals surface area contributed by atoms with Gasteiger partial charge in [-0.3, -0.25) is 0 Å². The number of benzene rings is 4. The third-order valence-corrected chi connectivity index (χ3v) is 20.0. The molecule has 0 aliphatic heterocycles. The summed E-state index contributed by atoms with van der Waals surface area (Å²) in [7, 11) is 0. The van der Waals surface area contributed by atoms with Crippen LogP contribution in [0.2, 0.25) is 0 Å². The summed E-state index contributed by atoms with van der Waals surface area (Å²) in [6.07, 6.45) is 0. The van der Waals surface area contributed by atoms with E-state index in [-0.39, 0.29) is 0 Å². The van der Waals surface area contributed by atoms with Crippen LogP contribution in [0, 0.1) is 13.8 Å². The van der Waals surface area contributed by atoms with Gasteiger partial charge in [0, 0.05) is 0 Å². The number of hydrogen-bond donors (Lipinski definition) is 0. The number of rotatable bonds is 4. The Morgan fingerprint density at radius 2 is 0.897 bits per heavy atom. The summed E-state index contributed by atoms with van der Waals surface area (Å²) in [5.74, 6) is 0. The molecule has 0 N–H and O–H groups in total. The molecule has 0 radical (unpaired) electrons. The van der Waals surface area contributed by atoms with E-state index in [1.165, 1.54) is 40.6 Å². The van der Waals surface area contributed by atoms with Gasteiger partial charge in [-0.25, -0.2) is 0 Å². The van der Waals surface area contributed by atoms with Gasteiger partial charge in [-0.15, -0.1) is 0 Å². The van der Waals surface area contributed by atoms with Gasteiger partial charge < -0.3 is 0 Å². The molecule has 4 aromatic carbocycles. The maximum absolute atomic E-state index is 4.17. The molecule has 29 heavy (non-hydrogen) atoms. The van der Waals surface area contributed by atoms with E-state index >= 15 is 0 Å². The Labute approximate surface area is 189 Å². The van der Waals surface area contributed by atoms with Gasteiger partial charge in [0.2, 0.25) is 0 Å². The molecule has 146 valence electrons. The van der Waals surface area contributed by atoms with Crippen molar-refractivity contribution in [1.82, 2.24) is 0 Å². The van der Waals surface area contributed by atoms with Gasteiger partial charge >= 0.3 is 191 Å². The van der Waals surface area contributed by atoms with Crippen LogP contribution in [0.15, 0.2) is 97.1 Å². The van der Waals surface area contributed by atoms with E-state index in [2.05, 4.69) is 136 Å². The summed E-state index contributed by atoms with van der Waals surface area (Å²) in [4.78, 5) is 0. The molecule has 0 nitrogen and oxygen atoms in total. The fraction of sp³-hybridized carbons (Fsp3) is 0.0769. The second-order valence-electron chi connectivity index (χ2n) is 7.15. The van der Waals surface area contributed by atoms with E-state index in [0.29, 0.717) is 0 Å². The van der Waals surface area contributed by atoms with E-state index in [4.69, 9.17) is 0 Å². The molecule has 0 saturated heterocycles. The van der Waals surface area contributed by atoms with Crippen LogP contribution in [0.5, 0.6) is 0 Å². The normalized spacial score (nSPS) is 12.0. The third-order valence-electron chi connectivity index (χ3n) is 5.18. The molecule has 0 aromatic heterocycles. The van der Waals surface area contributed by atoms with E-state index in [9.17, 15) is 0 Å². The molecule has 0 atom stereocenters. The van der Waals surface area contributed by atoms with Crippen molar-refractivity contribution >= 4 is 46.5 Å². The van der Waals surface area contributed by atoms with Crippen molar-refractivity contribution in [3.05, 3.63) is 108 Å². The zero-order chi connectivity index (χ0) is 20.4. The summed E-state index contributed by atoms with van der Waals surface area (Å²) in [6.45, 7) is 4.37. The first-order valence-corrected chi connectivity index (χ1v) is 22.3. The van der Waals surface area contributed by atoms with Gasteiger partial charge in [-0.1, -0.05) is 0 Å². The second-order valence-corrected chi connectivity index (χ2v) is 31.4. The summed E-state index contributed by atoms with van der Waals surface area (Å²) in [5.41, 5.74) is 7.72. The summed E-state index contributed by atoms with van der Waals surface area (Å²) in [5, 5.41) is 0. The Morgan fingerprint density at radius 3 is 1.28 bits per heavy atom. The molecule has 4 aromatic rings. The van der Waals surface area contributed by atoms with E-state index in [1.54, 1.807) is 0 Å². The molecule has 0 fully saturated rings. The predicted molar refractivity (Wildman–Crippen MR) is 136 cm³/mol. The van der Waals surface area contributed by atoms with E-state index in [0.717, 1.165) is 0 Å². The molecular formula is C26H22Br2Te. The van der Waals surface area contributed by atoms with Crippen molar-refractivity contribution in [2.24, 2.45) is 0 Å². The first-order chi connectivity index (χ1) is 14.0. The molecule has 0 saturated carbocycles. The molecule has 0 heterocycles. The first kappa shape index (κ1) is 20.9. The monoisotopic (exact) mass is 622 g/mol. The van der Waals surface area contributed by atoms with Crippen LogP contribution in [-0.4, -0.2) is 13.8 Å². The molecule has 0 aliphatic rings. The van der Waals surface area contributed by atoms with Crippen LogP contribution in [-0.2, 0) is 0 Å². The minimum absolute atomic E-state index is 1.26. The Bertz CT molecular complexity index is 1040. The molecule has 0 amide bonds. The van der Waals surface area contributed by atoms with Crippen molar-refractivity contribution in [2.75, 3.05) is 0 Å². The SMILES string of the molecule is Cc1ccc([Te](Br)(Br)c2ccc(C)c(-c3ccccc3)c2)cc1-c1ccccc1. The minimum atomic E-state index is -2.85. The second kappa shape index (κ2) is 8.78. The quantitative estimate of drug-likeness (QED) is 0.216. The molecule has 0 spiro atoms. The molecule has 4 rings (SSSR count). The van der Waals surface area contributed by atoms with Crippen LogP contribution < -0.4 is 7.22 Å². The Hall–Kier alpha value is -1.37.